The lowest BCUT2D eigenvalue weighted by atomic mass is 10.1. The van der Waals surface area contributed by atoms with Crippen molar-refractivity contribution in [3.63, 3.8) is 0 Å². The highest BCUT2D eigenvalue weighted by atomic mass is 35.5. The molecule has 0 aliphatic heterocycles. The number of aromatic nitrogens is 2. The van der Waals surface area contributed by atoms with Crippen molar-refractivity contribution in [2.75, 3.05) is 0 Å². The van der Waals surface area contributed by atoms with Gasteiger partial charge >= 0.3 is 0 Å². The molecule has 1 aromatic carbocycles. The number of rotatable bonds is 1. The van der Waals surface area contributed by atoms with Crippen molar-refractivity contribution in [1.29, 1.82) is 0 Å². The standard InChI is InChI=1S/C11H10Cl2N2/c1-3-8-14-10-7(12)5-4-6(2)9(10)11(13)15-8/h4-5H,3H2,1-2H3. The van der Waals surface area contributed by atoms with Crippen LogP contribution >= 0.6 is 23.2 Å². The summed E-state index contributed by atoms with van der Waals surface area (Å²) in [6.07, 6.45) is 0.750. The fourth-order valence-corrected chi connectivity index (χ4v) is 2.05. The van der Waals surface area contributed by atoms with Crippen molar-refractivity contribution >= 4 is 34.1 Å². The number of fused-ring (bicyclic) bond motifs is 1. The van der Waals surface area contributed by atoms with Gasteiger partial charge in [0.05, 0.1) is 10.5 Å². The molecule has 78 valence electrons. The fraction of sp³-hybridized carbons (Fsp3) is 0.273. The second-order valence-corrected chi connectivity index (χ2v) is 4.14. The molecule has 2 aromatic rings. The van der Waals surface area contributed by atoms with E-state index in [1.54, 1.807) is 0 Å². The molecule has 2 rings (SSSR count). The molecular weight excluding hydrogens is 231 g/mol. The van der Waals surface area contributed by atoms with E-state index in [-0.39, 0.29) is 0 Å². The Morgan fingerprint density at radius 2 is 1.93 bits per heavy atom. The number of hydrogen-bond donors (Lipinski definition) is 0. The summed E-state index contributed by atoms with van der Waals surface area (Å²) in [4.78, 5) is 8.60. The predicted molar refractivity (Wildman–Crippen MR) is 63.7 cm³/mol. The molecule has 0 N–H and O–H groups in total. The average molecular weight is 241 g/mol. The molecule has 0 saturated carbocycles. The lowest BCUT2D eigenvalue weighted by Crippen LogP contribution is -1.96. The van der Waals surface area contributed by atoms with Crippen LogP contribution in [0.3, 0.4) is 0 Å². The molecule has 0 spiro atoms. The van der Waals surface area contributed by atoms with Gasteiger partial charge in [0, 0.05) is 11.8 Å². The van der Waals surface area contributed by atoms with E-state index in [2.05, 4.69) is 9.97 Å². The van der Waals surface area contributed by atoms with Crippen molar-refractivity contribution in [3.05, 3.63) is 33.7 Å². The second-order valence-electron chi connectivity index (χ2n) is 3.37. The molecular formula is C11H10Cl2N2. The maximum atomic E-state index is 6.11. The van der Waals surface area contributed by atoms with Gasteiger partial charge in [-0.3, -0.25) is 0 Å². The van der Waals surface area contributed by atoms with Crippen LogP contribution in [-0.4, -0.2) is 9.97 Å². The van der Waals surface area contributed by atoms with Gasteiger partial charge in [-0.15, -0.1) is 0 Å². The lowest BCUT2D eigenvalue weighted by Gasteiger charge is -2.06. The molecule has 15 heavy (non-hydrogen) atoms. The minimum atomic E-state index is 0.483. The van der Waals surface area contributed by atoms with Crippen LogP contribution in [0.5, 0.6) is 0 Å². The number of aryl methyl sites for hydroxylation is 2. The monoisotopic (exact) mass is 240 g/mol. The normalized spacial score (nSPS) is 10.9. The number of halogens is 2. The molecule has 2 nitrogen and oxygen atoms in total. The van der Waals surface area contributed by atoms with E-state index >= 15 is 0 Å². The molecule has 0 unspecified atom stereocenters. The van der Waals surface area contributed by atoms with Gasteiger partial charge in [0.2, 0.25) is 0 Å². The Kier molecular flexibility index (Phi) is 2.81. The van der Waals surface area contributed by atoms with Gasteiger partial charge in [-0.25, -0.2) is 9.97 Å². The van der Waals surface area contributed by atoms with E-state index in [1.165, 1.54) is 0 Å². The van der Waals surface area contributed by atoms with Crippen molar-refractivity contribution in [1.82, 2.24) is 9.97 Å². The summed E-state index contributed by atoms with van der Waals surface area (Å²) in [5.41, 5.74) is 1.79. The molecule has 0 aliphatic carbocycles. The first-order chi connectivity index (χ1) is 7.13. The Bertz CT molecular complexity index is 523. The molecule has 0 bridgehead atoms. The van der Waals surface area contributed by atoms with Gasteiger partial charge < -0.3 is 0 Å². The quantitative estimate of drug-likeness (QED) is 0.709. The van der Waals surface area contributed by atoms with Crippen LogP contribution in [0, 0.1) is 6.92 Å². The summed E-state index contributed by atoms with van der Waals surface area (Å²) in [5.74, 6) is 0.722. The maximum Gasteiger partial charge on any atom is 0.140 e. The molecule has 0 amide bonds. The van der Waals surface area contributed by atoms with Crippen LogP contribution in [-0.2, 0) is 6.42 Å². The first-order valence-corrected chi connectivity index (χ1v) is 5.50. The van der Waals surface area contributed by atoms with Gasteiger partial charge in [-0.05, 0) is 18.6 Å². The zero-order chi connectivity index (χ0) is 11.0. The Labute approximate surface area is 98.3 Å². The van der Waals surface area contributed by atoms with Gasteiger partial charge in [-0.2, -0.15) is 0 Å². The third-order valence-corrected chi connectivity index (χ3v) is 2.91. The molecule has 0 saturated heterocycles. The summed E-state index contributed by atoms with van der Waals surface area (Å²) < 4.78 is 0. The van der Waals surface area contributed by atoms with E-state index in [0.29, 0.717) is 10.2 Å². The highest BCUT2D eigenvalue weighted by Crippen LogP contribution is 2.29. The van der Waals surface area contributed by atoms with Crippen LogP contribution in [0.1, 0.15) is 18.3 Å². The molecule has 0 radical (unpaired) electrons. The topological polar surface area (TPSA) is 25.8 Å². The van der Waals surface area contributed by atoms with E-state index in [1.807, 2.05) is 26.0 Å². The van der Waals surface area contributed by atoms with Gasteiger partial charge in [-0.1, -0.05) is 36.2 Å². The Balaban J connectivity index is 2.90. The average Bonchev–Trinajstić information content (AvgIpc) is 2.23. The summed E-state index contributed by atoms with van der Waals surface area (Å²) in [5, 5.41) is 1.95. The predicted octanol–water partition coefficient (Wildman–Crippen LogP) is 3.81. The molecule has 1 aromatic heterocycles. The van der Waals surface area contributed by atoms with E-state index in [0.717, 1.165) is 28.7 Å². The highest BCUT2D eigenvalue weighted by molar-refractivity contribution is 6.38. The third-order valence-electron chi connectivity index (χ3n) is 2.33. The summed E-state index contributed by atoms with van der Waals surface area (Å²) in [6, 6.07) is 3.76. The largest absolute Gasteiger partial charge is 0.231 e. The summed E-state index contributed by atoms with van der Waals surface area (Å²) >= 11 is 12.2. The first kappa shape index (κ1) is 10.7. The van der Waals surface area contributed by atoms with E-state index < -0.39 is 0 Å². The van der Waals surface area contributed by atoms with Crippen molar-refractivity contribution in [2.24, 2.45) is 0 Å². The molecule has 1 heterocycles. The fourth-order valence-electron chi connectivity index (χ4n) is 1.52. The smallest absolute Gasteiger partial charge is 0.140 e. The second kappa shape index (κ2) is 3.95. The number of nitrogens with zero attached hydrogens (tertiary/aromatic N) is 2. The van der Waals surface area contributed by atoms with Crippen LogP contribution in [0.25, 0.3) is 10.9 Å². The van der Waals surface area contributed by atoms with Crippen LogP contribution in [0.2, 0.25) is 10.2 Å². The first-order valence-electron chi connectivity index (χ1n) is 4.74. The molecule has 0 atom stereocenters. The molecule has 0 aliphatic rings. The number of hydrogen-bond acceptors (Lipinski definition) is 2. The third kappa shape index (κ3) is 1.80. The van der Waals surface area contributed by atoms with Crippen LogP contribution < -0.4 is 0 Å². The summed E-state index contributed by atoms with van der Waals surface area (Å²) in [7, 11) is 0. The SMILES string of the molecule is CCc1nc(Cl)c2c(C)ccc(Cl)c2n1. The molecule has 4 heteroatoms. The van der Waals surface area contributed by atoms with E-state index in [4.69, 9.17) is 23.2 Å². The molecule has 0 fully saturated rings. The highest BCUT2D eigenvalue weighted by Gasteiger charge is 2.10. The number of benzene rings is 1. The van der Waals surface area contributed by atoms with Gasteiger partial charge in [0.15, 0.2) is 0 Å². The Hall–Kier alpha value is -0.860. The minimum Gasteiger partial charge on any atom is -0.231 e. The zero-order valence-corrected chi connectivity index (χ0v) is 10.0. The maximum absolute atomic E-state index is 6.11. The van der Waals surface area contributed by atoms with Crippen molar-refractivity contribution < 1.29 is 0 Å². The summed E-state index contributed by atoms with van der Waals surface area (Å²) in [6.45, 7) is 3.96. The van der Waals surface area contributed by atoms with Gasteiger partial charge in [0.1, 0.15) is 11.0 Å². The van der Waals surface area contributed by atoms with Crippen LogP contribution in [0.4, 0.5) is 0 Å². The lowest BCUT2D eigenvalue weighted by molar-refractivity contribution is 0.960. The van der Waals surface area contributed by atoms with Gasteiger partial charge in [0.25, 0.3) is 0 Å². The van der Waals surface area contributed by atoms with Crippen LogP contribution in [0.15, 0.2) is 12.1 Å². The Morgan fingerprint density at radius 1 is 1.20 bits per heavy atom. The van der Waals surface area contributed by atoms with Crippen molar-refractivity contribution in [3.8, 4) is 0 Å². The van der Waals surface area contributed by atoms with E-state index in [9.17, 15) is 0 Å². The zero-order valence-electron chi connectivity index (χ0n) is 8.51. The Morgan fingerprint density at radius 3 is 2.60 bits per heavy atom. The van der Waals surface area contributed by atoms with Crippen molar-refractivity contribution in [2.45, 2.75) is 20.3 Å². The minimum absolute atomic E-state index is 0.483.